The summed E-state index contributed by atoms with van der Waals surface area (Å²) < 4.78 is 58.7. The number of pyridine rings is 1. The Hall–Kier alpha value is -3.94. The number of likely N-dealkylation sites (N-methyl/N-ethyl adjacent to an activating group) is 2. The predicted molar refractivity (Wildman–Crippen MR) is 290 cm³/mol. The van der Waals surface area contributed by atoms with Gasteiger partial charge in [0.15, 0.2) is 30.4 Å². The number of cyclic esters (lactones) is 1. The number of fused-ring (bicyclic) bond motifs is 2. The van der Waals surface area contributed by atoms with Gasteiger partial charge in [0, 0.05) is 79.9 Å². The number of aryl methyl sites for hydroxylation is 1. The van der Waals surface area contributed by atoms with Crippen molar-refractivity contribution in [2.75, 3.05) is 53.6 Å². The number of nitrogens with zero attached hydrogens (tertiary/aromatic N) is 3. The number of aromatic carboxylic acids is 1. The summed E-state index contributed by atoms with van der Waals surface area (Å²) in [5.41, 5.74) is -4.30. The molecule has 5 heterocycles. The number of aromatic nitrogens is 1. The molecule has 1 aromatic heterocycles. The van der Waals surface area contributed by atoms with Crippen LogP contribution in [-0.2, 0) is 58.8 Å². The standard InChI is InChI=1S/C56H88N4O17S/c1-16-41-56(11)48(76-53(67)77-56)34(7)59(14)28-30(3)26-54(9,68)47(75-52-45(63)40(58(12)13)24-31(4)70-52)32(5)46(33(6)51(66)72-41)74-43-27-55(10,69-15)49(35(8)71-43)73-42(61)20-21-57-22-23-78-36-18-19-39-37(25-36)44(62)38(50(64)65)29-60(39)17-2/h18-19,25,29-35,40-41,43,45-49,52,57,63,68H,16-17,20-24,26-28H2,1-15H3,(H,64,65)/t30-,31-,32+,33-,34-,35+,40+,41-,43+,45-,46+,47-,48-,49+,52+,54-,55-,56+/m1/s1. The number of carboxylic acid groups (broad SMARTS) is 1. The zero-order valence-corrected chi connectivity index (χ0v) is 49.2. The van der Waals surface area contributed by atoms with Crippen molar-refractivity contribution >= 4 is 46.7 Å². The number of carboxylic acids is 1. The van der Waals surface area contributed by atoms with Gasteiger partial charge in [-0.1, -0.05) is 20.8 Å². The zero-order chi connectivity index (χ0) is 57.8. The highest BCUT2D eigenvalue weighted by atomic mass is 32.2. The Morgan fingerprint density at radius 3 is 2.31 bits per heavy atom. The number of carbonyl (C=O) groups excluding carboxylic acids is 3. The molecule has 0 radical (unpaired) electrons. The van der Waals surface area contributed by atoms with E-state index in [1.807, 2.05) is 84.6 Å². The van der Waals surface area contributed by atoms with Crippen molar-refractivity contribution in [3.05, 3.63) is 40.2 Å². The Bertz CT molecular complexity index is 2460. The molecule has 4 saturated heterocycles. The summed E-state index contributed by atoms with van der Waals surface area (Å²) in [5, 5.41) is 37.8. The van der Waals surface area contributed by atoms with Crippen molar-refractivity contribution in [3.63, 3.8) is 0 Å². The fourth-order valence-corrected chi connectivity index (χ4v) is 13.0. The summed E-state index contributed by atoms with van der Waals surface area (Å²) in [4.78, 5) is 70.7. The first-order valence-electron chi connectivity index (χ1n) is 27.6. The molecule has 0 amide bonds. The van der Waals surface area contributed by atoms with E-state index in [0.29, 0.717) is 49.3 Å². The number of hydrogen-bond donors (Lipinski definition) is 4. The first-order chi connectivity index (χ1) is 36.6. The topological polar surface area (TPSA) is 253 Å². The van der Waals surface area contributed by atoms with Gasteiger partial charge in [-0.05, 0) is 120 Å². The molecule has 22 heteroatoms. The third-order valence-electron chi connectivity index (χ3n) is 16.6. The van der Waals surface area contributed by atoms with Gasteiger partial charge < -0.3 is 72.7 Å². The highest BCUT2D eigenvalue weighted by Gasteiger charge is 2.58. The molecule has 18 atom stereocenters. The molecule has 6 rings (SSSR count). The summed E-state index contributed by atoms with van der Waals surface area (Å²) in [7, 11) is 7.17. The Balaban J connectivity index is 1.20. The SMILES string of the molecule is CC[C@H]1OC(=O)[C@H](C)[C@@H](O[C@H]2C[C@@](C)(OC)[C@@H](OC(=O)CCNCCSc3ccc4c(c3)c(=O)c(C(=O)O)cn4CC)[C@H](C)O2)[C@H](C)[C@@H](O[C@@H]2O[C@H](C)C[C@H](N(C)C)[C@H]2O)[C@](C)(O)C[C@@H](C)CN(C)[C@H](C)[C@H]2OC(=O)O[C@]21C. The Morgan fingerprint density at radius 1 is 0.962 bits per heavy atom. The molecule has 4 N–H and O–H groups in total. The highest BCUT2D eigenvalue weighted by molar-refractivity contribution is 7.99. The molecule has 4 aliphatic rings. The minimum atomic E-state index is -1.63. The average Bonchev–Trinajstić information content (AvgIpc) is 3.73. The number of aliphatic hydroxyl groups excluding tert-OH is 1. The first-order valence-corrected chi connectivity index (χ1v) is 28.6. The number of carbonyl (C=O) groups is 4. The van der Waals surface area contributed by atoms with Gasteiger partial charge in [-0.2, -0.15) is 0 Å². The second-order valence-corrected chi connectivity index (χ2v) is 24.2. The molecular weight excluding hydrogens is 1030 g/mol. The number of rotatable bonds is 17. The van der Waals surface area contributed by atoms with Crippen LogP contribution in [0.2, 0.25) is 0 Å². The monoisotopic (exact) mass is 1120 g/mol. The van der Waals surface area contributed by atoms with Crippen LogP contribution in [0, 0.1) is 17.8 Å². The molecule has 4 fully saturated rings. The highest BCUT2D eigenvalue weighted by Crippen LogP contribution is 2.42. The van der Waals surface area contributed by atoms with Crippen molar-refractivity contribution in [2.45, 2.75) is 210 Å². The maximum absolute atomic E-state index is 14.8. The molecule has 0 unspecified atom stereocenters. The van der Waals surface area contributed by atoms with E-state index in [1.165, 1.54) is 25.1 Å². The van der Waals surface area contributed by atoms with Gasteiger partial charge in [-0.3, -0.25) is 19.3 Å². The van der Waals surface area contributed by atoms with Gasteiger partial charge in [0.05, 0.1) is 47.9 Å². The molecule has 440 valence electrons. The number of aliphatic hydroxyl groups is 2. The van der Waals surface area contributed by atoms with E-state index in [4.69, 9.17) is 42.6 Å². The predicted octanol–water partition coefficient (Wildman–Crippen LogP) is 5.44. The summed E-state index contributed by atoms with van der Waals surface area (Å²) in [5.74, 6) is -3.91. The number of nitrogens with one attached hydrogen (secondary N) is 1. The lowest BCUT2D eigenvalue weighted by Crippen LogP contribution is -2.61. The van der Waals surface area contributed by atoms with Crippen molar-refractivity contribution in [1.29, 1.82) is 0 Å². The van der Waals surface area contributed by atoms with E-state index in [9.17, 15) is 39.3 Å². The smallest absolute Gasteiger partial charge is 0.477 e. The van der Waals surface area contributed by atoms with Crippen LogP contribution in [-0.4, -0.2) is 198 Å². The number of esters is 2. The van der Waals surface area contributed by atoms with Crippen LogP contribution >= 0.6 is 11.8 Å². The van der Waals surface area contributed by atoms with Crippen LogP contribution < -0.4 is 10.7 Å². The zero-order valence-electron chi connectivity index (χ0n) is 48.3. The minimum Gasteiger partial charge on any atom is -0.477 e. The molecular formula is C56H88N4O17S. The molecule has 0 bridgehead atoms. The third kappa shape index (κ3) is 14.2. The van der Waals surface area contributed by atoms with Crippen molar-refractivity contribution in [1.82, 2.24) is 19.7 Å². The van der Waals surface area contributed by atoms with E-state index in [-0.39, 0.29) is 49.3 Å². The van der Waals surface area contributed by atoms with E-state index >= 15 is 0 Å². The average molecular weight is 1120 g/mol. The lowest BCUT2D eigenvalue weighted by atomic mass is 9.77. The molecule has 21 nitrogen and oxygen atoms in total. The summed E-state index contributed by atoms with van der Waals surface area (Å²) in [6.07, 6.45) is -7.66. The molecule has 0 aliphatic carbocycles. The molecule has 0 spiro atoms. The number of benzene rings is 1. The second kappa shape index (κ2) is 26.3. The van der Waals surface area contributed by atoms with Gasteiger partial charge in [0.1, 0.15) is 23.4 Å². The van der Waals surface area contributed by atoms with E-state index in [0.717, 1.165) is 4.90 Å². The van der Waals surface area contributed by atoms with Gasteiger partial charge in [0.25, 0.3) is 0 Å². The van der Waals surface area contributed by atoms with Crippen LogP contribution in [0.1, 0.15) is 119 Å². The van der Waals surface area contributed by atoms with Crippen LogP contribution in [0.3, 0.4) is 0 Å². The van der Waals surface area contributed by atoms with Crippen molar-refractivity contribution < 1.29 is 77.1 Å². The Morgan fingerprint density at radius 2 is 1.67 bits per heavy atom. The summed E-state index contributed by atoms with van der Waals surface area (Å²) in [6.45, 7) is 21.8. The van der Waals surface area contributed by atoms with Crippen LogP contribution in [0.4, 0.5) is 4.79 Å². The van der Waals surface area contributed by atoms with Crippen molar-refractivity contribution in [2.24, 2.45) is 17.8 Å². The van der Waals surface area contributed by atoms with E-state index < -0.39 is 119 Å². The molecule has 0 saturated carbocycles. The van der Waals surface area contributed by atoms with Gasteiger partial charge in [0.2, 0.25) is 5.43 Å². The molecule has 2 aromatic rings. The fourth-order valence-electron chi connectivity index (χ4n) is 12.2. The second-order valence-electron chi connectivity index (χ2n) is 23.0. The maximum Gasteiger partial charge on any atom is 0.509 e. The Kier molecular flexibility index (Phi) is 21.3. The third-order valence-corrected chi connectivity index (χ3v) is 17.6. The van der Waals surface area contributed by atoms with Crippen LogP contribution in [0.15, 0.2) is 34.1 Å². The fraction of sp³-hybridized carbons (Fsp3) is 0.768. The quantitative estimate of drug-likeness (QED) is 0.0666. The van der Waals surface area contributed by atoms with Crippen LogP contribution in [0.5, 0.6) is 0 Å². The lowest BCUT2D eigenvalue weighted by molar-refractivity contribution is -0.318. The molecule has 1 aromatic carbocycles. The van der Waals surface area contributed by atoms with Crippen molar-refractivity contribution in [3.8, 4) is 0 Å². The summed E-state index contributed by atoms with van der Waals surface area (Å²) >= 11 is 1.49. The van der Waals surface area contributed by atoms with Crippen LogP contribution in [0.25, 0.3) is 10.9 Å². The number of ether oxygens (including phenoxy) is 9. The molecule has 78 heavy (non-hydrogen) atoms. The van der Waals surface area contributed by atoms with Gasteiger partial charge in [-0.15, -0.1) is 11.8 Å². The first kappa shape index (κ1) is 63.2. The van der Waals surface area contributed by atoms with Gasteiger partial charge >= 0.3 is 24.1 Å². The molecule has 4 aliphatic heterocycles. The maximum atomic E-state index is 14.8. The normalized spacial score (nSPS) is 37.4. The minimum absolute atomic E-state index is 0.0315. The number of thioether (sulfide) groups is 1. The lowest BCUT2D eigenvalue weighted by Gasteiger charge is -2.49. The van der Waals surface area contributed by atoms with Gasteiger partial charge in [-0.25, -0.2) is 9.59 Å². The van der Waals surface area contributed by atoms with E-state index in [1.54, 1.807) is 45.3 Å². The largest absolute Gasteiger partial charge is 0.509 e. The summed E-state index contributed by atoms with van der Waals surface area (Å²) in [6, 6.07) is 4.71. The number of methoxy groups -OCH3 is 1. The number of hydrogen-bond acceptors (Lipinski definition) is 20. The van der Waals surface area contributed by atoms with E-state index in [2.05, 4.69) is 5.32 Å². The Labute approximate surface area is 463 Å².